The van der Waals surface area contributed by atoms with Gasteiger partial charge in [0.1, 0.15) is 0 Å². The fraction of sp³-hybridized carbons (Fsp3) is 0.846. The highest BCUT2D eigenvalue weighted by Gasteiger charge is 2.40. The van der Waals surface area contributed by atoms with Gasteiger partial charge in [0.25, 0.3) is 0 Å². The third kappa shape index (κ3) is 2.96. The van der Waals surface area contributed by atoms with E-state index >= 15 is 0 Å². The number of alkyl halides is 1. The number of thioether (sulfide) groups is 1. The molecule has 3 heteroatoms. The van der Waals surface area contributed by atoms with Gasteiger partial charge in [-0.15, -0.1) is 11.6 Å². The van der Waals surface area contributed by atoms with Crippen LogP contribution in [0.2, 0.25) is 0 Å². The Morgan fingerprint density at radius 1 is 1.62 bits per heavy atom. The number of halogens is 1. The number of hydrogen-bond acceptors (Lipinski definition) is 2. The standard InChI is InChI=1S/C13H21ClOS/c1-11(3-2-6-14)12-4-7-15-13(9-12)5-8-16-10-13/h3,12H,2,4-10H2,1H3. The first-order valence-electron chi connectivity index (χ1n) is 6.20. The Balaban J connectivity index is 1.95. The molecule has 2 fully saturated rings. The molecule has 0 radical (unpaired) electrons. The van der Waals surface area contributed by atoms with Crippen LogP contribution in [0.1, 0.15) is 32.6 Å². The van der Waals surface area contributed by atoms with Crippen LogP contribution in [0.5, 0.6) is 0 Å². The average molecular weight is 261 g/mol. The van der Waals surface area contributed by atoms with E-state index in [1.54, 1.807) is 0 Å². The molecule has 16 heavy (non-hydrogen) atoms. The molecule has 2 saturated heterocycles. The number of hydrogen-bond donors (Lipinski definition) is 0. The first kappa shape index (κ1) is 12.8. The highest BCUT2D eigenvalue weighted by molar-refractivity contribution is 7.99. The van der Waals surface area contributed by atoms with Crippen LogP contribution in [0.3, 0.4) is 0 Å². The molecule has 2 heterocycles. The Morgan fingerprint density at radius 3 is 3.19 bits per heavy atom. The van der Waals surface area contributed by atoms with Crippen molar-refractivity contribution in [2.45, 2.75) is 38.2 Å². The van der Waals surface area contributed by atoms with E-state index in [9.17, 15) is 0 Å². The summed E-state index contributed by atoms with van der Waals surface area (Å²) in [6.45, 7) is 3.20. The Kier molecular flexibility index (Phi) is 4.63. The van der Waals surface area contributed by atoms with Crippen LogP contribution >= 0.6 is 23.4 Å². The molecule has 0 aromatic carbocycles. The fourth-order valence-electron chi connectivity index (χ4n) is 2.73. The van der Waals surface area contributed by atoms with Crippen molar-refractivity contribution in [3.8, 4) is 0 Å². The minimum atomic E-state index is 0.212. The lowest BCUT2D eigenvalue weighted by molar-refractivity contribution is -0.0734. The summed E-state index contributed by atoms with van der Waals surface area (Å²) < 4.78 is 6.04. The quantitative estimate of drug-likeness (QED) is 0.563. The van der Waals surface area contributed by atoms with Crippen molar-refractivity contribution in [3.05, 3.63) is 11.6 Å². The van der Waals surface area contributed by atoms with Gasteiger partial charge < -0.3 is 4.74 Å². The summed E-state index contributed by atoms with van der Waals surface area (Å²) in [6.07, 6.45) is 6.99. The molecule has 2 atom stereocenters. The molecular weight excluding hydrogens is 240 g/mol. The van der Waals surface area contributed by atoms with E-state index < -0.39 is 0 Å². The van der Waals surface area contributed by atoms with Crippen LogP contribution in [-0.2, 0) is 4.74 Å². The SMILES string of the molecule is CC(=CCCCl)C1CCOC2(CCSC2)C1. The van der Waals surface area contributed by atoms with Gasteiger partial charge in [0.2, 0.25) is 0 Å². The van der Waals surface area contributed by atoms with Crippen molar-refractivity contribution in [1.29, 1.82) is 0 Å². The lowest BCUT2D eigenvalue weighted by Gasteiger charge is -2.38. The maximum absolute atomic E-state index is 6.04. The molecule has 0 N–H and O–H groups in total. The Morgan fingerprint density at radius 2 is 2.50 bits per heavy atom. The van der Waals surface area contributed by atoms with Gasteiger partial charge in [-0.05, 0) is 44.3 Å². The van der Waals surface area contributed by atoms with Gasteiger partial charge in [0, 0.05) is 18.2 Å². The Hall–Kier alpha value is 0.340. The van der Waals surface area contributed by atoms with Crippen LogP contribution in [0, 0.1) is 5.92 Å². The second-order valence-electron chi connectivity index (χ2n) is 4.95. The minimum Gasteiger partial charge on any atom is -0.374 e. The first-order chi connectivity index (χ1) is 7.76. The largest absolute Gasteiger partial charge is 0.374 e. The van der Waals surface area contributed by atoms with Gasteiger partial charge in [0.05, 0.1) is 5.60 Å². The molecule has 1 spiro atoms. The zero-order chi connectivity index (χ0) is 11.4. The van der Waals surface area contributed by atoms with Crippen molar-refractivity contribution in [2.75, 3.05) is 24.0 Å². The number of ether oxygens (including phenoxy) is 1. The predicted octanol–water partition coefficient (Wildman–Crippen LogP) is 3.86. The molecule has 2 rings (SSSR count). The van der Waals surface area contributed by atoms with Gasteiger partial charge >= 0.3 is 0 Å². The summed E-state index contributed by atoms with van der Waals surface area (Å²) >= 11 is 7.78. The minimum absolute atomic E-state index is 0.212. The van der Waals surface area contributed by atoms with Crippen molar-refractivity contribution in [2.24, 2.45) is 5.92 Å². The summed E-state index contributed by atoms with van der Waals surface area (Å²) in [6, 6.07) is 0. The predicted molar refractivity (Wildman–Crippen MR) is 72.4 cm³/mol. The average Bonchev–Trinajstić information content (AvgIpc) is 2.74. The molecular formula is C13H21ClOS. The zero-order valence-corrected chi connectivity index (χ0v) is 11.6. The van der Waals surface area contributed by atoms with E-state index in [4.69, 9.17) is 16.3 Å². The molecule has 0 amide bonds. The third-order valence-corrected chi connectivity index (χ3v) is 5.22. The second kappa shape index (κ2) is 5.79. The highest BCUT2D eigenvalue weighted by atomic mass is 35.5. The summed E-state index contributed by atoms with van der Waals surface area (Å²) in [5, 5.41) is 0. The van der Waals surface area contributed by atoms with Gasteiger partial charge in [-0.25, -0.2) is 0 Å². The highest BCUT2D eigenvalue weighted by Crippen LogP contribution is 2.42. The Bertz CT molecular complexity index is 259. The smallest absolute Gasteiger partial charge is 0.0786 e. The first-order valence-corrected chi connectivity index (χ1v) is 7.89. The van der Waals surface area contributed by atoms with Gasteiger partial charge in [-0.2, -0.15) is 11.8 Å². The van der Waals surface area contributed by atoms with Gasteiger partial charge in [-0.1, -0.05) is 11.6 Å². The van der Waals surface area contributed by atoms with E-state index in [-0.39, 0.29) is 5.60 Å². The van der Waals surface area contributed by atoms with Crippen LogP contribution in [0.15, 0.2) is 11.6 Å². The molecule has 2 aliphatic heterocycles. The van der Waals surface area contributed by atoms with E-state index in [2.05, 4.69) is 13.0 Å². The van der Waals surface area contributed by atoms with E-state index in [1.165, 1.54) is 36.3 Å². The van der Waals surface area contributed by atoms with Crippen LogP contribution < -0.4 is 0 Å². The molecule has 0 aromatic rings. The normalized spacial score (nSPS) is 35.9. The van der Waals surface area contributed by atoms with Crippen molar-refractivity contribution in [1.82, 2.24) is 0 Å². The second-order valence-corrected chi connectivity index (χ2v) is 6.43. The molecule has 0 aliphatic carbocycles. The monoisotopic (exact) mass is 260 g/mol. The van der Waals surface area contributed by atoms with Crippen LogP contribution in [0.25, 0.3) is 0 Å². The molecule has 92 valence electrons. The number of allylic oxidation sites excluding steroid dienone is 2. The van der Waals surface area contributed by atoms with E-state index in [0.29, 0.717) is 0 Å². The Labute approximate surface area is 108 Å². The molecule has 2 unspecified atom stereocenters. The van der Waals surface area contributed by atoms with Crippen LogP contribution in [0.4, 0.5) is 0 Å². The lowest BCUT2D eigenvalue weighted by Crippen LogP contribution is -2.40. The molecule has 0 aromatic heterocycles. The molecule has 1 nitrogen and oxygen atoms in total. The summed E-state index contributed by atoms with van der Waals surface area (Å²) in [5.74, 6) is 3.95. The number of rotatable bonds is 3. The summed E-state index contributed by atoms with van der Waals surface area (Å²) in [7, 11) is 0. The van der Waals surface area contributed by atoms with Crippen molar-refractivity contribution in [3.63, 3.8) is 0 Å². The van der Waals surface area contributed by atoms with Crippen molar-refractivity contribution < 1.29 is 4.74 Å². The summed E-state index contributed by atoms with van der Waals surface area (Å²) in [5.41, 5.74) is 1.74. The third-order valence-electron chi connectivity index (χ3n) is 3.78. The topological polar surface area (TPSA) is 9.23 Å². The van der Waals surface area contributed by atoms with E-state index in [0.717, 1.165) is 24.8 Å². The fourth-order valence-corrected chi connectivity index (χ4v) is 4.22. The summed E-state index contributed by atoms with van der Waals surface area (Å²) in [4.78, 5) is 0. The molecule has 0 bridgehead atoms. The zero-order valence-electron chi connectivity index (χ0n) is 10.0. The van der Waals surface area contributed by atoms with Gasteiger partial charge in [0.15, 0.2) is 0 Å². The lowest BCUT2D eigenvalue weighted by atomic mass is 9.81. The maximum atomic E-state index is 6.04. The molecule has 0 saturated carbocycles. The van der Waals surface area contributed by atoms with Crippen molar-refractivity contribution >= 4 is 23.4 Å². The molecule has 2 aliphatic rings. The maximum Gasteiger partial charge on any atom is 0.0786 e. The van der Waals surface area contributed by atoms with Crippen LogP contribution in [-0.4, -0.2) is 29.6 Å². The van der Waals surface area contributed by atoms with Gasteiger partial charge in [-0.3, -0.25) is 0 Å². The van der Waals surface area contributed by atoms with E-state index in [1.807, 2.05) is 11.8 Å².